The number of nitrogens with zero attached hydrogens (tertiary/aromatic N) is 4. The molecule has 0 saturated heterocycles. The SMILES string of the molecule is C/N=C(\OC(=N)C(F)F)c1cc(F)cc(-c2nccn2Cc2cc(C)on2)c1. The van der Waals surface area contributed by atoms with E-state index in [-0.39, 0.29) is 11.5 Å². The Hall–Kier alpha value is -3.43. The molecule has 3 rings (SSSR count). The highest BCUT2D eigenvalue weighted by Crippen LogP contribution is 2.23. The van der Waals surface area contributed by atoms with E-state index in [0.29, 0.717) is 29.4 Å². The third kappa shape index (κ3) is 4.27. The summed E-state index contributed by atoms with van der Waals surface area (Å²) in [4.78, 5) is 7.98. The number of hydrogen-bond acceptors (Lipinski definition) is 6. The summed E-state index contributed by atoms with van der Waals surface area (Å²) in [6, 6.07) is 5.60. The van der Waals surface area contributed by atoms with Gasteiger partial charge in [0.05, 0.1) is 6.54 Å². The minimum absolute atomic E-state index is 0.106. The topological polar surface area (TPSA) is 89.3 Å². The molecular formula is C18H16F3N5O2. The second-order valence-electron chi connectivity index (χ2n) is 5.83. The highest BCUT2D eigenvalue weighted by Gasteiger charge is 2.19. The van der Waals surface area contributed by atoms with Crippen molar-refractivity contribution >= 4 is 11.8 Å². The molecule has 1 aromatic carbocycles. The summed E-state index contributed by atoms with van der Waals surface area (Å²) in [6.07, 6.45) is 0.140. The lowest BCUT2D eigenvalue weighted by Gasteiger charge is -2.11. The van der Waals surface area contributed by atoms with E-state index in [2.05, 4.69) is 15.1 Å². The van der Waals surface area contributed by atoms with Crippen LogP contribution in [-0.2, 0) is 11.3 Å². The molecule has 0 atom stereocenters. The third-order valence-electron chi connectivity index (χ3n) is 3.74. The van der Waals surface area contributed by atoms with Gasteiger partial charge in [-0.05, 0) is 25.1 Å². The summed E-state index contributed by atoms with van der Waals surface area (Å²) in [5, 5.41) is 11.1. The molecule has 10 heteroatoms. The standard InChI is InChI=1S/C18H16F3N5O2/c1-10-5-14(25-28-10)9-26-4-3-24-17(26)11-6-12(8-13(19)7-11)18(23-2)27-16(22)15(20)21/h3-8,15,22H,9H2,1-2H3/b22-16?,23-18-. The van der Waals surface area contributed by atoms with Crippen molar-refractivity contribution in [2.24, 2.45) is 4.99 Å². The highest BCUT2D eigenvalue weighted by atomic mass is 19.3. The summed E-state index contributed by atoms with van der Waals surface area (Å²) >= 11 is 0. The number of halogens is 3. The normalized spacial score (nSPS) is 11.9. The second kappa shape index (κ2) is 8.07. The lowest BCUT2D eigenvalue weighted by Crippen LogP contribution is -2.19. The quantitative estimate of drug-likeness (QED) is 0.531. The Morgan fingerprint density at radius 2 is 2.11 bits per heavy atom. The van der Waals surface area contributed by atoms with Crippen molar-refractivity contribution in [3.8, 4) is 11.4 Å². The van der Waals surface area contributed by atoms with E-state index in [0.717, 1.165) is 6.07 Å². The highest BCUT2D eigenvalue weighted by molar-refractivity contribution is 6.02. The number of aryl methyl sites for hydroxylation is 1. The number of aliphatic imine (C=N–C) groups is 1. The van der Waals surface area contributed by atoms with Crippen LogP contribution >= 0.6 is 0 Å². The first-order valence-electron chi connectivity index (χ1n) is 8.13. The van der Waals surface area contributed by atoms with Crippen molar-refractivity contribution in [3.05, 3.63) is 59.5 Å². The first-order chi connectivity index (χ1) is 13.4. The van der Waals surface area contributed by atoms with Crippen LogP contribution in [0.3, 0.4) is 0 Å². The molecule has 0 amide bonds. The Kier molecular flexibility index (Phi) is 5.57. The van der Waals surface area contributed by atoms with Crippen LogP contribution in [-0.4, -0.2) is 40.0 Å². The Labute approximate surface area is 158 Å². The van der Waals surface area contributed by atoms with E-state index in [9.17, 15) is 13.2 Å². The molecule has 0 bridgehead atoms. The van der Waals surface area contributed by atoms with Crippen molar-refractivity contribution in [3.63, 3.8) is 0 Å². The molecule has 2 aromatic heterocycles. The summed E-state index contributed by atoms with van der Waals surface area (Å²) in [5.74, 6) is -1.11. The van der Waals surface area contributed by atoms with E-state index in [4.69, 9.17) is 14.7 Å². The first kappa shape index (κ1) is 19.3. The molecular weight excluding hydrogens is 375 g/mol. The average molecular weight is 391 g/mol. The number of nitrogens with one attached hydrogen (secondary N) is 1. The zero-order chi connectivity index (χ0) is 20.3. The Balaban J connectivity index is 1.94. The lowest BCUT2D eigenvalue weighted by molar-refractivity contribution is 0.198. The van der Waals surface area contributed by atoms with Crippen molar-refractivity contribution < 1.29 is 22.4 Å². The van der Waals surface area contributed by atoms with Crippen LogP contribution < -0.4 is 0 Å². The number of benzene rings is 1. The van der Waals surface area contributed by atoms with Gasteiger partial charge in [-0.2, -0.15) is 8.78 Å². The summed E-state index contributed by atoms with van der Waals surface area (Å²) < 4.78 is 50.9. The molecule has 146 valence electrons. The van der Waals surface area contributed by atoms with Gasteiger partial charge in [-0.3, -0.25) is 10.4 Å². The minimum Gasteiger partial charge on any atom is -0.419 e. The zero-order valence-electron chi connectivity index (χ0n) is 15.0. The Bertz CT molecular complexity index is 1030. The smallest absolute Gasteiger partial charge is 0.312 e. The maximum atomic E-state index is 14.2. The van der Waals surface area contributed by atoms with E-state index < -0.39 is 18.1 Å². The number of hydrogen-bond donors (Lipinski definition) is 1. The predicted octanol–water partition coefficient (Wildman–Crippen LogP) is 3.67. The fraction of sp³-hybridized carbons (Fsp3) is 0.222. The van der Waals surface area contributed by atoms with Crippen LogP contribution in [0.15, 0.2) is 46.2 Å². The first-order valence-corrected chi connectivity index (χ1v) is 8.13. The van der Waals surface area contributed by atoms with Crippen LogP contribution in [0.1, 0.15) is 17.0 Å². The maximum absolute atomic E-state index is 14.2. The van der Waals surface area contributed by atoms with Crippen molar-refractivity contribution in [2.45, 2.75) is 19.9 Å². The van der Waals surface area contributed by atoms with Crippen LogP contribution in [0, 0.1) is 18.2 Å². The second-order valence-corrected chi connectivity index (χ2v) is 5.83. The molecule has 0 unspecified atom stereocenters. The van der Waals surface area contributed by atoms with Crippen LogP contribution in [0.2, 0.25) is 0 Å². The zero-order valence-corrected chi connectivity index (χ0v) is 15.0. The number of aromatic nitrogens is 3. The number of rotatable bonds is 5. The Morgan fingerprint density at radius 3 is 2.75 bits per heavy atom. The molecule has 0 aliphatic rings. The van der Waals surface area contributed by atoms with Gasteiger partial charge in [-0.15, -0.1) is 0 Å². The van der Waals surface area contributed by atoms with Crippen LogP contribution in [0.25, 0.3) is 11.4 Å². The predicted molar refractivity (Wildman–Crippen MR) is 95.2 cm³/mol. The number of ether oxygens (including phenoxy) is 1. The summed E-state index contributed by atoms with van der Waals surface area (Å²) in [7, 11) is 1.30. The largest absolute Gasteiger partial charge is 0.419 e. The Morgan fingerprint density at radius 1 is 1.32 bits per heavy atom. The van der Waals surface area contributed by atoms with Gasteiger partial charge in [0.2, 0.25) is 5.90 Å². The van der Waals surface area contributed by atoms with Crippen molar-refractivity contribution in [1.29, 1.82) is 5.41 Å². The summed E-state index contributed by atoms with van der Waals surface area (Å²) in [6.45, 7) is 2.12. The van der Waals surface area contributed by atoms with Crippen molar-refractivity contribution in [2.75, 3.05) is 7.05 Å². The molecule has 0 saturated carbocycles. The monoisotopic (exact) mass is 391 g/mol. The lowest BCUT2D eigenvalue weighted by atomic mass is 10.1. The third-order valence-corrected chi connectivity index (χ3v) is 3.74. The van der Waals surface area contributed by atoms with Crippen molar-refractivity contribution in [1.82, 2.24) is 14.7 Å². The number of imidazole rings is 1. The van der Waals surface area contributed by atoms with Gasteiger partial charge >= 0.3 is 6.43 Å². The maximum Gasteiger partial charge on any atom is 0.312 e. The molecule has 0 fully saturated rings. The van der Waals surface area contributed by atoms with Crippen LogP contribution in [0.5, 0.6) is 0 Å². The minimum atomic E-state index is -3.10. The van der Waals surface area contributed by atoms with Gasteiger partial charge in [0.1, 0.15) is 23.1 Å². The average Bonchev–Trinajstić information content (AvgIpc) is 3.28. The van der Waals surface area contributed by atoms with Gasteiger partial charge in [-0.25, -0.2) is 9.37 Å². The van der Waals surface area contributed by atoms with Gasteiger partial charge in [0.25, 0.3) is 5.90 Å². The van der Waals surface area contributed by atoms with E-state index >= 15 is 0 Å². The van der Waals surface area contributed by atoms with Gasteiger partial charge in [-0.1, -0.05) is 5.16 Å². The van der Waals surface area contributed by atoms with E-state index in [1.54, 1.807) is 30.0 Å². The van der Waals surface area contributed by atoms with E-state index in [1.807, 2.05) is 0 Å². The molecule has 0 spiro atoms. The summed E-state index contributed by atoms with van der Waals surface area (Å²) in [5.41, 5.74) is 1.15. The van der Waals surface area contributed by atoms with Gasteiger partial charge in [0.15, 0.2) is 0 Å². The molecule has 2 heterocycles. The molecule has 7 nitrogen and oxygen atoms in total. The molecule has 0 aliphatic carbocycles. The molecule has 3 aromatic rings. The van der Waals surface area contributed by atoms with E-state index in [1.165, 1.54) is 19.2 Å². The van der Waals surface area contributed by atoms with Crippen LogP contribution in [0.4, 0.5) is 13.2 Å². The number of alkyl halides is 2. The molecule has 1 N–H and O–H groups in total. The van der Waals surface area contributed by atoms with Gasteiger partial charge in [0, 0.05) is 36.6 Å². The molecule has 28 heavy (non-hydrogen) atoms. The fourth-order valence-electron chi connectivity index (χ4n) is 2.59. The van der Waals surface area contributed by atoms with Gasteiger partial charge < -0.3 is 13.8 Å². The fourth-order valence-corrected chi connectivity index (χ4v) is 2.59. The molecule has 0 radical (unpaired) electrons. The molecule has 0 aliphatic heterocycles.